The summed E-state index contributed by atoms with van der Waals surface area (Å²) in [4.78, 5) is 8.79. The SMILES string of the molecule is Nc1ccc(N2CCN(c3ccc4nnc(-c5ccsc5)n4n3)CC2)cn1. The number of nitrogen functional groups attached to an aromatic ring is 1. The van der Waals surface area contributed by atoms with E-state index in [1.807, 2.05) is 46.4 Å². The molecule has 1 fully saturated rings. The maximum atomic E-state index is 5.68. The molecular formula is C18H18N8S. The van der Waals surface area contributed by atoms with E-state index in [2.05, 4.69) is 30.4 Å². The van der Waals surface area contributed by atoms with Crippen LogP contribution < -0.4 is 15.5 Å². The van der Waals surface area contributed by atoms with Gasteiger partial charge < -0.3 is 15.5 Å². The van der Waals surface area contributed by atoms with E-state index < -0.39 is 0 Å². The van der Waals surface area contributed by atoms with Crippen LogP contribution in [0.25, 0.3) is 17.0 Å². The number of aromatic nitrogens is 5. The van der Waals surface area contributed by atoms with Crippen LogP contribution in [0.4, 0.5) is 17.3 Å². The third kappa shape index (κ3) is 2.95. The quantitative estimate of drug-likeness (QED) is 0.584. The lowest BCUT2D eigenvalue weighted by atomic mass is 10.2. The third-order valence-electron chi connectivity index (χ3n) is 4.77. The van der Waals surface area contributed by atoms with Crippen LogP contribution in [-0.2, 0) is 0 Å². The predicted octanol–water partition coefficient (Wildman–Crippen LogP) is 2.16. The fraction of sp³-hybridized carbons (Fsp3) is 0.222. The van der Waals surface area contributed by atoms with Gasteiger partial charge in [-0.3, -0.25) is 0 Å². The monoisotopic (exact) mass is 378 g/mol. The summed E-state index contributed by atoms with van der Waals surface area (Å²) in [5, 5.41) is 17.4. The summed E-state index contributed by atoms with van der Waals surface area (Å²) in [5.74, 6) is 2.26. The second-order valence-corrected chi connectivity index (χ2v) is 7.19. The van der Waals surface area contributed by atoms with Gasteiger partial charge in [0, 0.05) is 37.1 Å². The molecule has 1 saturated heterocycles. The van der Waals surface area contributed by atoms with Gasteiger partial charge in [-0.1, -0.05) is 0 Å². The topological polar surface area (TPSA) is 88.5 Å². The number of nitrogens with two attached hydrogens (primary N) is 1. The molecule has 136 valence electrons. The maximum Gasteiger partial charge on any atom is 0.186 e. The average molecular weight is 378 g/mol. The number of anilines is 3. The minimum absolute atomic E-state index is 0.547. The Bertz CT molecular complexity index is 1050. The van der Waals surface area contributed by atoms with Gasteiger partial charge >= 0.3 is 0 Å². The van der Waals surface area contributed by atoms with E-state index in [9.17, 15) is 0 Å². The Morgan fingerprint density at radius 2 is 1.78 bits per heavy atom. The Balaban J connectivity index is 1.37. The van der Waals surface area contributed by atoms with E-state index in [-0.39, 0.29) is 0 Å². The highest BCUT2D eigenvalue weighted by Gasteiger charge is 2.20. The van der Waals surface area contributed by atoms with Gasteiger partial charge in [0.15, 0.2) is 11.5 Å². The number of pyridine rings is 1. The van der Waals surface area contributed by atoms with Gasteiger partial charge in [-0.05, 0) is 35.7 Å². The van der Waals surface area contributed by atoms with Crippen LogP contribution in [0.15, 0.2) is 47.3 Å². The predicted molar refractivity (Wildman–Crippen MR) is 107 cm³/mol. The van der Waals surface area contributed by atoms with Crippen molar-refractivity contribution >= 4 is 34.3 Å². The maximum absolute atomic E-state index is 5.68. The Kier molecular flexibility index (Phi) is 3.86. The molecule has 0 spiro atoms. The van der Waals surface area contributed by atoms with Crippen molar-refractivity contribution in [1.29, 1.82) is 0 Å². The number of thiophene rings is 1. The molecule has 5 heterocycles. The molecule has 5 rings (SSSR count). The fourth-order valence-electron chi connectivity index (χ4n) is 3.30. The molecule has 1 aliphatic heterocycles. The van der Waals surface area contributed by atoms with E-state index >= 15 is 0 Å². The lowest BCUT2D eigenvalue weighted by molar-refractivity contribution is 0.641. The van der Waals surface area contributed by atoms with Crippen LogP contribution in [0.1, 0.15) is 0 Å². The van der Waals surface area contributed by atoms with Crippen molar-refractivity contribution in [2.24, 2.45) is 0 Å². The summed E-state index contributed by atoms with van der Waals surface area (Å²) in [7, 11) is 0. The molecule has 9 heteroatoms. The number of rotatable bonds is 3. The smallest absolute Gasteiger partial charge is 0.186 e. The number of hydrogen-bond acceptors (Lipinski definition) is 8. The fourth-order valence-corrected chi connectivity index (χ4v) is 3.93. The van der Waals surface area contributed by atoms with Crippen molar-refractivity contribution in [1.82, 2.24) is 24.8 Å². The standard InChI is InChI=1S/C18H18N8S/c19-15-2-1-14(11-20-15)24-6-8-25(9-7-24)17-4-3-16-21-22-18(26(16)23-17)13-5-10-27-12-13/h1-5,10-12H,6-9H2,(H2,19,20). The molecule has 0 unspecified atom stereocenters. The molecule has 0 atom stereocenters. The summed E-state index contributed by atoms with van der Waals surface area (Å²) >= 11 is 1.64. The van der Waals surface area contributed by atoms with Crippen molar-refractivity contribution < 1.29 is 0 Å². The third-order valence-corrected chi connectivity index (χ3v) is 5.45. The summed E-state index contributed by atoms with van der Waals surface area (Å²) in [5.41, 5.74) is 8.58. The zero-order valence-corrected chi connectivity index (χ0v) is 15.4. The van der Waals surface area contributed by atoms with E-state index in [0.29, 0.717) is 5.82 Å². The van der Waals surface area contributed by atoms with Crippen LogP contribution in [0.5, 0.6) is 0 Å². The highest BCUT2D eigenvalue weighted by molar-refractivity contribution is 7.08. The number of hydrogen-bond donors (Lipinski definition) is 1. The molecule has 0 bridgehead atoms. The lowest BCUT2D eigenvalue weighted by Gasteiger charge is -2.36. The normalized spacial score (nSPS) is 14.8. The van der Waals surface area contributed by atoms with Crippen molar-refractivity contribution in [3.63, 3.8) is 0 Å². The average Bonchev–Trinajstić information content (AvgIpc) is 3.38. The first-order valence-corrected chi connectivity index (χ1v) is 9.69. The first-order chi connectivity index (χ1) is 13.3. The molecule has 2 N–H and O–H groups in total. The summed E-state index contributed by atoms with van der Waals surface area (Å²) < 4.78 is 1.83. The van der Waals surface area contributed by atoms with Crippen LogP contribution in [0.3, 0.4) is 0 Å². The van der Waals surface area contributed by atoms with Gasteiger partial charge in [0.25, 0.3) is 0 Å². The van der Waals surface area contributed by atoms with E-state index in [0.717, 1.165) is 54.7 Å². The molecule has 27 heavy (non-hydrogen) atoms. The molecular weight excluding hydrogens is 360 g/mol. The molecule has 4 aromatic rings. The first kappa shape index (κ1) is 16.0. The Morgan fingerprint density at radius 3 is 2.52 bits per heavy atom. The highest BCUT2D eigenvalue weighted by Crippen LogP contribution is 2.23. The molecule has 4 aromatic heterocycles. The number of fused-ring (bicyclic) bond motifs is 1. The summed E-state index contributed by atoms with van der Waals surface area (Å²) in [6.07, 6.45) is 1.83. The van der Waals surface area contributed by atoms with Gasteiger partial charge in [0.05, 0.1) is 11.9 Å². The molecule has 0 saturated carbocycles. The second kappa shape index (κ2) is 6.51. The molecule has 0 amide bonds. The van der Waals surface area contributed by atoms with Crippen LogP contribution in [0.2, 0.25) is 0 Å². The molecule has 0 radical (unpaired) electrons. The zero-order valence-electron chi connectivity index (χ0n) is 14.6. The van der Waals surface area contributed by atoms with Crippen LogP contribution in [-0.4, -0.2) is 51.0 Å². The molecule has 1 aliphatic rings. The zero-order chi connectivity index (χ0) is 18.2. The minimum Gasteiger partial charge on any atom is -0.384 e. The Morgan fingerprint density at radius 1 is 0.926 bits per heavy atom. The minimum atomic E-state index is 0.547. The lowest BCUT2D eigenvalue weighted by Crippen LogP contribution is -2.47. The molecule has 8 nitrogen and oxygen atoms in total. The second-order valence-electron chi connectivity index (χ2n) is 6.41. The van der Waals surface area contributed by atoms with Gasteiger partial charge in [-0.25, -0.2) is 4.98 Å². The van der Waals surface area contributed by atoms with E-state index in [4.69, 9.17) is 10.8 Å². The van der Waals surface area contributed by atoms with Crippen molar-refractivity contribution in [2.45, 2.75) is 0 Å². The highest BCUT2D eigenvalue weighted by atomic mass is 32.1. The van der Waals surface area contributed by atoms with Gasteiger partial charge in [0.1, 0.15) is 11.6 Å². The largest absolute Gasteiger partial charge is 0.384 e. The molecule has 0 aliphatic carbocycles. The van der Waals surface area contributed by atoms with Crippen LogP contribution in [0, 0.1) is 0 Å². The molecule has 0 aromatic carbocycles. The van der Waals surface area contributed by atoms with Gasteiger partial charge in [-0.15, -0.1) is 15.3 Å². The van der Waals surface area contributed by atoms with Crippen molar-refractivity contribution in [2.75, 3.05) is 41.7 Å². The Hall–Kier alpha value is -3.20. The number of nitrogens with zero attached hydrogens (tertiary/aromatic N) is 7. The van der Waals surface area contributed by atoms with Gasteiger partial charge in [0.2, 0.25) is 0 Å². The number of piperazine rings is 1. The van der Waals surface area contributed by atoms with Crippen molar-refractivity contribution in [3.05, 3.63) is 47.3 Å². The Labute approximate surface area is 159 Å². The summed E-state index contributed by atoms with van der Waals surface area (Å²) in [6.45, 7) is 3.59. The van der Waals surface area contributed by atoms with Crippen molar-refractivity contribution in [3.8, 4) is 11.4 Å². The first-order valence-electron chi connectivity index (χ1n) is 8.74. The van der Waals surface area contributed by atoms with Crippen LogP contribution >= 0.6 is 11.3 Å². The van der Waals surface area contributed by atoms with Gasteiger partial charge in [-0.2, -0.15) is 15.9 Å². The van der Waals surface area contributed by atoms with E-state index in [1.54, 1.807) is 11.3 Å². The van der Waals surface area contributed by atoms with E-state index in [1.165, 1.54) is 0 Å². The summed E-state index contributed by atoms with van der Waals surface area (Å²) in [6, 6.07) is 9.89.